The van der Waals surface area contributed by atoms with Gasteiger partial charge in [0.2, 0.25) is 0 Å². The van der Waals surface area contributed by atoms with Gasteiger partial charge in [0.05, 0.1) is 6.61 Å². The number of carbonyl (C=O) groups is 2. The molecule has 0 heterocycles. The Kier molecular flexibility index (Phi) is 35.4. The van der Waals surface area contributed by atoms with Crippen molar-refractivity contribution in [2.45, 2.75) is 168 Å². The van der Waals surface area contributed by atoms with Crippen molar-refractivity contribution in [2.75, 3.05) is 13.2 Å². The van der Waals surface area contributed by atoms with Crippen molar-refractivity contribution in [3.05, 3.63) is 72.9 Å². The van der Waals surface area contributed by atoms with Crippen LogP contribution in [0.5, 0.6) is 0 Å². The maximum absolute atomic E-state index is 12.4. The number of phosphoric acid groups is 1. The van der Waals surface area contributed by atoms with Gasteiger partial charge < -0.3 is 19.3 Å². The Bertz CT molecular complexity index is 1050. The first-order valence-corrected chi connectivity index (χ1v) is 21.3. The molecule has 0 aromatic carbocycles. The number of ether oxygens (including phenoxy) is 2. The highest BCUT2D eigenvalue weighted by Crippen LogP contribution is 2.36. The average molecular weight is 735 g/mol. The molecule has 8 nitrogen and oxygen atoms in total. The molecule has 0 saturated carbocycles. The summed E-state index contributed by atoms with van der Waals surface area (Å²) in [5.74, 6) is -0.939. The fraction of sp³-hybridized carbons (Fsp3) is 0.667. The average Bonchev–Trinajstić information content (AvgIpc) is 3.10. The Morgan fingerprint density at radius 2 is 0.941 bits per heavy atom. The van der Waals surface area contributed by atoms with E-state index >= 15 is 0 Å². The molecule has 1 atom stereocenters. The monoisotopic (exact) mass is 734 g/mol. The fourth-order valence-electron chi connectivity index (χ4n) is 5.04. The largest absolute Gasteiger partial charge is 0.469 e. The number of hydrogen-bond donors (Lipinski definition) is 2. The summed E-state index contributed by atoms with van der Waals surface area (Å²) >= 11 is 0. The molecule has 0 saturated heterocycles. The Morgan fingerprint density at radius 3 is 1.45 bits per heavy atom. The third-order valence-electron chi connectivity index (χ3n) is 7.96. The van der Waals surface area contributed by atoms with Crippen LogP contribution in [0, 0.1) is 0 Å². The zero-order valence-corrected chi connectivity index (χ0v) is 32.9. The summed E-state index contributed by atoms with van der Waals surface area (Å²) in [6.45, 7) is 3.51. The molecule has 0 aromatic heterocycles. The van der Waals surface area contributed by atoms with Crippen molar-refractivity contribution < 1.29 is 37.9 Å². The van der Waals surface area contributed by atoms with Crippen molar-refractivity contribution >= 4 is 19.8 Å². The Hall–Kier alpha value is -2.51. The summed E-state index contributed by atoms with van der Waals surface area (Å²) < 4.78 is 26.3. The van der Waals surface area contributed by atoms with E-state index in [9.17, 15) is 14.2 Å². The molecular weight excluding hydrogens is 663 g/mol. The number of esters is 2. The SMILES string of the molecule is CC/C=C/C/C=C/C/C=C/C/C=C/C/C=C/CCCCCC(=O)O[C@H](COC(=O)CCCCCCC/C=C/CCCCCCC)COP(=O)(O)O. The van der Waals surface area contributed by atoms with Gasteiger partial charge in [0.25, 0.3) is 0 Å². The lowest BCUT2D eigenvalue weighted by molar-refractivity contribution is -0.161. The molecule has 0 bridgehead atoms. The van der Waals surface area contributed by atoms with E-state index in [1.165, 1.54) is 38.5 Å². The molecule has 9 heteroatoms. The Balaban J connectivity index is 4.05. The summed E-state index contributed by atoms with van der Waals surface area (Å²) in [6, 6.07) is 0. The van der Waals surface area contributed by atoms with E-state index in [1.807, 2.05) is 0 Å². The smallest absolute Gasteiger partial charge is 0.462 e. The molecule has 0 rings (SSSR count). The quantitative estimate of drug-likeness (QED) is 0.0286. The molecule has 0 aliphatic carbocycles. The first-order valence-electron chi connectivity index (χ1n) is 19.7. The maximum Gasteiger partial charge on any atom is 0.469 e. The van der Waals surface area contributed by atoms with Crippen LogP contribution in [0.15, 0.2) is 72.9 Å². The Morgan fingerprint density at radius 1 is 0.529 bits per heavy atom. The molecular formula is C42H71O8P. The maximum atomic E-state index is 12.4. The van der Waals surface area contributed by atoms with Gasteiger partial charge in [-0.25, -0.2) is 4.57 Å². The first kappa shape index (κ1) is 48.5. The first-order chi connectivity index (χ1) is 24.8. The normalized spacial score (nSPS) is 13.3. The van der Waals surface area contributed by atoms with Crippen molar-refractivity contribution in [2.24, 2.45) is 0 Å². The van der Waals surface area contributed by atoms with Gasteiger partial charge in [-0.2, -0.15) is 0 Å². The van der Waals surface area contributed by atoms with E-state index in [0.717, 1.165) is 83.5 Å². The van der Waals surface area contributed by atoms with E-state index in [-0.39, 0.29) is 19.4 Å². The van der Waals surface area contributed by atoms with E-state index in [0.29, 0.717) is 12.8 Å². The second-order valence-corrected chi connectivity index (χ2v) is 14.1. The topological polar surface area (TPSA) is 119 Å². The van der Waals surface area contributed by atoms with Crippen molar-refractivity contribution in [3.8, 4) is 0 Å². The number of phosphoric ester groups is 1. The van der Waals surface area contributed by atoms with Gasteiger partial charge in [0.1, 0.15) is 6.61 Å². The number of unbranched alkanes of at least 4 members (excludes halogenated alkanes) is 13. The molecule has 0 aliphatic rings. The molecule has 2 N–H and O–H groups in total. The summed E-state index contributed by atoms with van der Waals surface area (Å²) in [5.41, 5.74) is 0. The van der Waals surface area contributed by atoms with Crippen LogP contribution >= 0.6 is 7.82 Å². The van der Waals surface area contributed by atoms with Crippen LogP contribution in [0.4, 0.5) is 0 Å². The van der Waals surface area contributed by atoms with Gasteiger partial charge in [0, 0.05) is 12.8 Å². The predicted molar refractivity (Wildman–Crippen MR) is 211 cm³/mol. The fourth-order valence-corrected chi connectivity index (χ4v) is 5.40. The minimum absolute atomic E-state index is 0.168. The van der Waals surface area contributed by atoms with E-state index in [2.05, 4.69) is 91.3 Å². The number of allylic oxidation sites excluding steroid dienone is 12. The van der Waals surface area contributed by atoms with Crippen LogP contribution in [0.25, 0.3) is 0 Å². The van der Waals surface area contributed by atoms with Crippen LogP contribution < -0.4 is 0 Å². The Labute approximate surface area is 310 Å². The van der Waals surface area contributed by atoms with E-state index < -0.39 is 32.5 Å². The van der Waals surface area contributed by atoms with Crippen LogP contribution in [-0.2, 0) is 28.2 Å². The number of hydrogen-bond acceptors (Lipinski definition) is 6. The highest BCUT2D eigenvalue weighted by atomic mass is 31.2. The lowest BCUT2D eigenvalue weighted by Crippen LogP contribution is -2.29. The second kappa shape index (κ2) is 37.3. The number of carbonyl (C=O) groups excluding carboxylic acids is 2. The molecule has 0 unspecified atom stereocenters. The van der Waals surface area contributed by atoms with Gasteiger partial charge in [-0.1, -0.05) is 138 Å². The van der Waals surface area contributed by atoms with Crippen LogP contribution in [0.1, 0.15) is 162 Å². The molecule has 0 radical (unpaired) electrons. The standard InChI is InChI=1S/C42H71O8P/c1-3-5-7-9-11-13-15-17-19-20-21-22-23-25-27-29-31-33-35-37-42(44)50-40(39-49-51(45,46)47)38-48-41(43)36-34-32-30-28-26-24-18-16-14-12-10-8-6-4-2/h5,7,11,13,16-19,21-22,25,27,40H,3-4,6,8-10,12,14-15,20,23-24,26,28-39H2,1-2H3,(H2,45,46,47)/b7-5+,13-11+,18-16+,19-17+,22-21+,27-25+/t40-/m1/s1. The second-order valence-electron chi connectivity index (χ2n) is 12.9. The van der Waals surface area contributed by atoms with Crippen LogP contribution in [0.2, 0.25) is 0 Å². The highest BCUT2D eigenvalue weighted by molar-refractivity contribution is 7.46. The minimum atomic E-state index is -4.77. The molecule has 0 fully saturated rings. The zero-order valence-electron chi connectivity index (χ0n) is 32.0. The number of rotatable bonds is 35. The van der Waals surface area contributed by atoms with Crippen LogP contribution in [-0.4, -0.2) is 41.0 Å². The van der Waals surface area contributed by atoms with Crippen LogP contribution in [0.3, 0.4) is 0 Å². The van der Waals surface area contributed by atoms with Crippen molar-refractivity contribution in [3.63, 3.8) is 0 Å². The summed E-state index contributed by atoms with van der Waals surface area (Å²) in [4.78, 5) is 42.8. The highest BCUT2D eigenvalue weighted by Gasteiger charge is 2.22. The molecule has 0 aliphatic heterocycles. The third kappa shape index (κ3) is 40.1. The van der Waals surface area contributed by atoms with Gasteiger partial charge >= 0.3 is 19.8 Å². The third-order valence-corrected chi connectivity index (χ3v) is 8.44. The zero-order chi connectivity index (χ0) is 37.5. The van der Waals surface area contributed by atoms with Gasteiger partial charge in [0.15, 0.2) is 6.10 Å². The molecule has 292 valence electrons. The summed E-state index contributed by atoms with van der Waals surface area (Å²) in [7, 11) is -4.77. The van der Waals surface area contributed by atoms with Gasteiger partial charge in [-0.3, -0.25) is 14.1 Å². The predicted octanol–water partition coefficient (Wildman–Crippen LogP) is 11.9. The van der Waals surface area contributed by atoms with Gasteiger partial charge in [-0.05, 0) is 83.5 Å². The lowest BCUT2D eigenvalue weighted by Gasteiger charge is -2.18. The van der Waals surface area contributed by atoms with E-state index in [4.69, 9.17) is 19.3 Å². The molecule has 0 aromatic rings. The lowest BCUT2D eigenvalue weighted by atomic mass is 10.1. The van der Waals surface area contributed by atoms with Crippen molar-refractivity contribution in [1.82, 2.24) is 0 Å². The summed E-state index contributed by atoms with van der Waals surface area (Å²) in [6.07, 6.45) is 47.6. The van der Waals surface area contributed by atoms with E-state index in [1.54, 1.807) is 0 Å². The molecule has 0 amide bonds. The molecule has 51 heavy (non-hydrogen) atoms. The van der Waals surface area contributed by atoms with Crippen molar-refractivity contribution in [1.29, 1.82) is 0 Å². The summed E-state index contributed by atoms with van der Waals surface area (Å²) in [5, 5.41) is 0. The van der Waals surface area contributed by atoms with Gasteiger partial charge in [-0.15, -0.1) is 0 Å². The molecule has 0 spiro atoms. The minimum Gasteiger partial charge on any atom is -0.462 e.